The van der Waals surface area contributed by atoms with E-state index in [2.05, 4.69) is 21.3 Å². The maximum Gasteiger partial charge on any atom is 0.416 e. The molecule has 0 aliphatic carbocycles. The molecule has 1 amide bonds. The molecule has 8 nitrogen and oxygen atoms in total. The number of aryl methyl sites for hydroxylation is 1. The van der Waals surface area contributed by atoms with Gasteiger partial charge >= 0.3 is 6.18 Å². The van der Waals surface area contributed by atoms with E-state index in [1.807, 2.05) is 12.3 Å². The van der Waals surface area contributed by atoms with Crippen LogP contribution >= 0.6 is 0 Å². The lowest BCUT2D eigenvalue weighted by Gasteiger charge is -2.30. The summed E-state index contributed by atoms with van der Waals surface area (Å²) in [6.07, 6.45) is 1.82. The molecule has 3 aliphatic heterocycles. The van der Waals surface area contributed by atoms with Gasteiger partial charge in [0.1, 0.15) is 0 Å². The van der Waals surface area contributed by atoms with Crippen LogP contribution in [0.3, 0.4) is 0 Å². The van der Waals surface area contributed by atoms with Gasteiger partial charge < -0.3 is 14.6 Å². The van der Waals surface area contributed by atoms with Crippen molar-refractivity contribution in [2.75, 3.05) is 39.4 Å². The number of ether oxygens (including phenoxy) is 1. The van der Waals surface area contributed by atoms with Crippen molar-refractivity contribution >= 4 is 5.91 Å². The highest BCUT2D eigenvalue weighted by Crippen LogP contribution is 2.30. The Morgan fingerprint density at radius 3 is 2.81 bits per heavy atom. The Balaban J connectivity index is 1.22. The Hall–Kier alpha value is -2.76. The lowest BCUT2D eigenvalue weighted by Crippen LogP contribution is -2.48. The number of nitrogens with one attached hydrogen (secondary N) is 1. The molecule has 200 valence electrons. The van der Waals surface area contributed by atoms with Gasteiger partial charge in [0.2, 0.25) is 5.91 Å². The first-order chi connectivity index (χ1) is 17.8. The van der Waals surface area contributed by atoms with Crippen LogP contribution < -0.4 is 10.9 Å². The Kier molecular flexibility index (Phi) is 7.64. The third-order valence-corrected chi connectivity index (χ3v) is 7.70. The van der Waals surface area contributed by atoms with Gasteiger partial charge in [-0.15, -0.1) is 0 Å². The average Bonchev–Trinajstić information content (AvgIpc) is 3.53. The zero-order chi connectivity index (χ0) is 26.0. The molecule has 5 heterocycles. The van der Waals surface area contributed by atoms with Crippen molar-refractivity contribution < 1.29 is 22.7 Å². The minimum Gasteiger partial charge on any atom is -0.380 e. The van der Waals surface area contributed by atoms with E-state index in [-0.39, 0.29) is 43.2 Å². The predicted molar refractivity (Wildman–Crippen MR) is 130 cm³/mol. The number of pyridine rings is 2. The molecule has 0 saturated carbocycles. The second-order valence-corrected chi connectivity index (χ2v) is 10.2. The van der Waals surface area contributed by atoms with Gasteiger partial charge in [-0.1, -0.05) is 6.07 Å². The molecule has 0 bridgehead atoms. The van der Waals surface area contributed by atoms with Crippen LogP contribution in [-0.2, 0) is 35.2 Å². The maximum atomic E-state index is 13.2. The molecule has 5 rings (SSSR count). The van der Waals surface area contributed by atoms with E-state index in [0.29, 0.717) is 25.3 Å². The summed E-state index contributed by atoms with van der Waals surface area (Å²) >= 11 is 0. The highest BCUT2D eigenvalue weighted by Gasteiger charge is 2.38. The van der Waals surface area contributed by atoms with E-state index in [4.69, 9.17) is 4.74 Å². The zero-order valence-electron chi connectivity index (χ0n) is 20.6. The van der Waals surface area contributed by atoms with Gasteiger partial charge in [-0.25, -0.2) is 0 Å². The van der Waals surface area contributed by atoms with Crippen LogP contribution in [0, 0.1) is 5.92 Å². The molecule has 0 radical (unpaired) electrons. The van der Waals surface area contributed by atoms with Crippen molar-refractivity contribution in [1.82, 2.24) is 24.7 Å². The second-order valence-electron chi connectivity index (χ2n) is 10.2. The fourth-order valence-electron chi connectivity index (χ4n) is 5.71. The first-order valence-corrected chi connectivity index (χ1v) is 12.8. The summed E-state index contributed by atoms with van der Waals surface area (Å²) in [6, 6.07) is 5.98. The zero-order valence-corrected chi connectivity index (χ0v) is 20.6. The number of amides is 1. The van der Waals surface area contributed by atoms with Crippen molar-refractivity contribution in [2.45, 2.75) is 50.6 Å². The van der Waals surface area contributed by atoms with Crippen LogP contribution in [0.15, 0.2) is 41.5 Å². The van der Waals surface area contributed by atoms with Crippen LogP contribution in [0.5, 0.6) is 0 Å². The summed E-state index contributed by atoms with van der Waals surface area (Å²) in [6.45, 7) is 3.98. The van der Waals surface area contributed by atoms with E-state index < -0.39 is 17.3 Å². The number of hydrogen-bond acceptors (Lipinski definition) is 6. The fraction of sp³-hybridized carbons (Fsp3) is 0.577. The van der Waals surface area contributed by atoms with Gasteiger partial charge in [-0.05, 0) is 42.9 Å². The molecule has 1 N–H and O–H groups in total. The smallest absolute Gasteiger partial charge is 0.380 e. The molecule has 2 aromatic rings. The largest absolute Gasteiger partial charge is 0.416 e. The molecule has 2 saturated heterocycles. The Morgan fingerprint density at radius 1 is 1.22 bits per heavy atom. The topological polar surface area (TPSA) is 79.7 Å². The fourth-order valence-corrected chi connectivity index (χ4v) is 5.71. The summed E-state index contributed by atoms with van der Waals surface area (Å²) in [7, 11) is 0. The van der Waals surface area contributed by atoms with E-state index in [1.54, 1.807) is 11.1 Å². The molecule has 0 aromatic carbocycles. The summed E-state index contributed by atoms with van der Waals surface area (Å²) in [5, 5.41) is 3.21. The highest BCUT2D eigenvalue weighted by molar-refractivity contribution is 5.78. The summed E-state index contributed by atoms with van der Waals surface area (Å²) in [5.74, 6) is 0.128. The van der Waals surface area contributed by atoms with Crippen LogP contribution in [0.4, 0.5) is 13.2 Å². The van der Waals surface area contributed by atoms with Crippen molar-refractivity contribution in [3.05, 3.63) is 63.8 Å². The van der Waals surface area contributed by atoms with E-state index in [1.165, 1.54) is 4.57 Å². The summed E-state index contributed by atoms with van der Waals surface area (Å²) in [5.41, 5.74) is -0.169. The minimum atomic E-state index is -4.59. The Morgan fingerprint density at radius 2 is 2.08 bits per heavy atom. The Bertz CT molecular complexity index is 1150. The number of aromatic nitrogens is 2. The van der Waals surface area contributed by atoms with Crippen molar-refractivity contribution in [3.8, 4) is 0 Å². The SMILES string of the molecule is O=C(CN1CCn2c(cc(C(F)(F)F)cc2=O)C1)NC1CN(C2CCOC2)C[C@@H]1CCc1cccnc1. The number of fused-ring (bicyclic) bond motifs is 1. The summed E-state index contributed by atoms with van der Waals surface area (Å²) in [4.78, 5) is 33.6. The van der Waals surface area contributed by atoms with Crippen LogP contribution in [-0.4, -0.2) is 76.7 Å². The van der Waals surface area contributed by atoms with Crippen LogP contribution in [0.2, 0.25) is 0 Å². The number of alkyl halides is 3. The van der Waals surface area contributed by atoms with E-state index in [9.17, 15) is 22.8 Å². The van der Waals surface area contributed by atoms with Crippen molar-refractivity contribution in [3.63, 3.8) is 0 Å². The maximum absolute atomic E-state index is 13.2. The molecule has 0 spiro atoms. The molecule has 2 fully saturated rings. The number of nitrogens with zero attached hydrogens (tertiary/aromatic N) is 4. The number of halogens is 3. The van der Waals surface area contributed by atoms with Gasteiger partial charge in [0.25, 0.3) is 5.56 Å². The number of likely N-dealkylation sites (tertiary alicyclic amines) is 1. The molecule has 3 aliphatic rings. The van der Waals surface area contributed by atoms with Gasteiger partial charge in [0.15, 0.2) is 0 Å². The van der Waals surface area contributed by atoms with E-state index in [0.717, 1.165) is 50.6 Å². The number of hydrogen-bond donors (Lipinski definition) is 1. The predicted octanol–water partition coefficient (Wildman–Crippen LogP) is 1.92. The normalized spacial score (nSPS) is 24.8. The number of rotatable bonds is 7. The van der Waals surface area contributed by atoms with Crippen LogP contribution in [0.25, 0.3) is 0 Å². The second kappa shape index (κ2) is 10.9. The first kappa shape index (κ1) is 25.9. The average molecular weight is 520 g/mol. The monoisotopic (exact) mass is 519 g/mol. The standard InChI is InChI=1S/C26H32F3N5O3/c27-26(28,29)20-10-22-14-32(7-8-34(22)25(36)11-20)16-24(35)31-23-15-33(21-5-9-37-17-21)13-19(23)4-3-18-2-1-6-30-12-18/h1-2,6,10-12,19,21,23H,3-5,7-9,13-17H2,(H,31,35)/t19-,21?,23?/m0/s1. The lowest BCUT2D eigenvalue weighted by atomic mass is 9.95. The van der Waals surface area contributed by atoms with Gasteiger partial charge in [0.05, 0.1) is 18.7 Å². The molecule has 3 atom stereocenters. The molecular formula is C26H32F3N5O3. The van der Waals surface area contributed by atoms with Gasteiger partial charge in [-0.2, -0.15) is 13.2 Å². The number of carbonyl (C=O) groups is 1. The summed E-state index contributed by atoms with van der Waals surface area (Å²) < 4.78 is 46.5. The molecule has 37 heavy (non-hydrogen) atoms. The quantitative estimate of drug-likeness (QED) is 0.602. The van der Waals surface area contributed by atoms with Crippen LogP contribution in [0.1, 0.15) is 29.7 Å². The molecule has 2 unspecified atom stereocenters. The minimum absolute atomic E-state index is 0.0127. The third-order valence-electron chi connectivity index (χ3n) is 7.70. The molecule has 11 heteroatoms. The first-order valence-electron chi connectivity index (χ1n) is 12.8. The molecular weight excluding hydrogens is 487 g/mol. The highest BCUT2D eigenvalue weighted by atomic mass is 19.4. The third kappa shape index (κ3) is 6.22. The van der Waals surface area contributed by atoms with Crippen molar-refractivity contribution in [2.24, 2.45) is 5.92 Å². The van der Waals surface area contributed by atoms with E-state index >= 15 is 0 Å². The molecule has 2 aromatic heterocycles. The van der Waals surface area contributed by atoms with Gasteiger partial charge in [-0.3, -0.25) is 24.4 Å². The van der Waals surface area contributed by atoms with Gasteiger partial charge in [0, 0.05) is 75.6 Å². The van der Waals surface area contributed by atoms with Crippen molar-refractivity contribution in [1.29, 1.82) is 0 Å². The lowest BCUT2D eigenvalue weighted by molar-refractivity contribution is -0.138. The Labute approximate surface area is 213 Å². The number of carbonyl (C=O) groups excluding carboxylic acids is 1.